The normalized spacial score (nSPS) is 20.3. The molecule has 0 aliphatic heterocycles. The van der Waals surface area contributed by atoms with Gasteiger partial charge in [-0.3, -0.25) is 0 Å². The van der Waals surface area contributed by atoms with Gasteiger partial charge in [-0.1, -0.05) is 0 Å². The second kappa shape index (κ2) is 8.15. The summed E-state index contributed by atoms with van der Waals surface area (Å²) in [6.45, 7) is 0. The van der Waals surface area contributed by atoms with Crippen molar-refractivity contribution >= 4 is 44.0 Å². The van der Waals surface area contributed by atoms with E-state index >= 15 is 0 Å². The molecule has 4 rings (SSSR count). The Morgan fingerprint density at radius 2 is 1.04 bits per heavy atom. The summed E-state index contributed by atoms with van der Waals surface area (Å²) in [5.74, 6) is 0. The predicted octanol–water partition coefficient (Wildman–Crippen LogP) is 0.0583. The van der Waals surface area contributed by atoms with Gasteiger partial charge in [0, 0.05) is 0 Å². The van der Waals surface area contributed by atoms with E-state index in [2.05, 4.69) is 92.5 Å². The second-order valence-electron chi connectivity index (χ2n) is 5.35. The van der Waals surface area contributed by atoms with E-state index in [9.17, 15) is 0 Å². The van der Waals surface area contributed by atoms with Crippen LogP contribution in [0.25, 0.3) is 12.2 Å². The molecule has 0 nitrogen and oxygen atoms in total. The predicted molar refractivity (Wildman–Crippen MR) is 92.2 cm³/mol. The van der Waals surface area contributed by atoms with Crippen molar-refractivity contribution in [1.29, 1.82) is 0 Å². The van der Waals surface area contributed by atoms with Gasteiger partial charge in [-0.25, -0.2) is 0 Å². The van der Waals surface area contributed by atoms with Gasteiger partial charge >= 0.3 is 154 Å². The maximum Gasteiger partial charge on any atom is -1.00 e. The number of fused-ring (bicyclic) bond motifs is 2. The third kappa shape index (κ3) is 3.65. The molecule has 0 radical (unpaired) electrons. The molecule has 2 unspecified atom stereocenters. The van der Waals surface area contributed by atoms with Crippen LogP contribution in [-0.2, 0) is 23.2 Å². The Morgan fingerprint density at radius 1 is 0.652 bits per heavy atom. The number of rotatable bonds is 2. The van der Waals surface area contributed by atoms with Gasteiger partial charge in [0.15, 0.2) is 0 Å². The minimum Gasteiger partial charge on any atom is -1.00 e. The molecule has 0 aromatic heterocycles. The first-order valence-corrected chi connectivity index (χ1v) is 11.3. The van der Waals surface area contributed by atoms with Crippen LogP contribution >= 0.6 is 31.9 Å². The van der Waals surface area contributed by atoms with E-state index < -0.39 is 23.2 Å². The summed E-state index contributed by atoms with van der Waals surface area (Å²) < 4.78 is 4.00. The molecule has 23 heavy (non-hydrogen) atoms. The quantitative estimate of drug-likeness (QED) is 0.497. The van der Waals surface area contributed by atoms with Crippen LogP contribution in [0.5, 0.6) is 0 Å². The Morgan fingerprint density at radius 3 is 1.48 bits per heavy atom. The van der Waals surface area contributed by atoms with Crippen LogP contribution in [-0.4, -0.2) is 0 Å². The number of hydrogen-bond acceptors (Lipinski definition) is 0. The van der Waals surface area contributed by atoms with Crippen molar-refractivity contribution in [2.75, 3.05) is 0 Å². The average Bonchev–Trinajstić information content (AvgIpc) is 2.97. The van der Waals surface area contributed by atoms with E-state index in [0.717, 1.165) is 0 Å². The summed E-state index contributed by atoms with van der Waals surface area (Å²) >= 11 is 6.93. The van der Waals surface area contributed by atoms with Gasteiger partial charge in [-0.05, 0) is 0 Å². The van der Waals surface area contributed by atoms with E-state index in [1.807, 2.05) is 0 Å². The maximum atomic E-state index is 3.82. The van der Waals surface area contributed by atoms with Gasteiger partial charge in [-0.15, -0.1) is 0 Å². The van der Waals surface area contributed by atoms with Gasteiger partial charge in [0.2, 0.25) is 0 Å². The summed E-state index contributed by atoms with van der Waals surface area (Å²) in [5.41, 5.74) is 5.81. The van der Waals surface area contributed by atoms with Crippen molar-refractivity contribution < 1.29 is 48.0 Å². The number of hydrogen-bond donors (Lipinski definition) is 0. The second-order valence-corrected chi connectivity index (χ2v) is 10.8. The topological polar surface area (TPSA) is 0 Å². The minimum atomic E-state index is -0.709. The zero-order valence-electron chi connectivity index (χ0n) is 11.9. The maximum absolute atomic E-state index is 3.82. The molecule has 2 aliphatic rings. The Kier molecular flexibility index (Phi) is 6.97. The van der Waals surface area contributed by atoms with Gasteiger partial charge in [-0.2, -0.15) is 0 Å². The molecule has 0 N–H and O–H groups in total. The molecule has 0 saturated heterocycles. The zero-order valence-corrected chi connectivity index (χ0v) is 19.1. The average molecular weight is 550 g/mol. The summed E-state index contributed by atoms with van der Waals surface area (Å²) in [7, 11) is 0. The molecule has 2 aromatic rings. The van der Waals surface area contributed by atoms with E-state index in [1.54, 1.807) is 0 Å². The minimum absolute atomic E-state index is 0. The molecular formula is C18H12Br2Cl2Zr. The SMILES string of the molecule is BrC1=Cc2ccccc2[CH]1[Zr+2][CH]1C(Br)=Cc2ccccc21.[Cl-].[Cl-]. The standard InChI is InChI=1S/2C9H6Br.2ClH.Zr/c2*10-9-5-7-3-1-2-4-8(7)6-9;;;/h2*1-6H;2*1H;/q;;;;+2/p-2. The number of allylic oxidation sites excluding steroid dienone is 2. The summed E-state index contributed by atoms with van der Waals surface area (Å²) in [6, 6.07) is 17.6. The van der Waals surface area contributed by atoms with Crippen molar-refractivity contribution in [3.05, 3.63) is 79.7 Å². The molecule has 0 spiro atoms. The van der Waals surface area contributed by atoms with Crippen LogP contribution in [0.3, 0.4) is 0 Å². The third-order valence-electron chi connectivity index (χ3n) is 4.09. The molecular weight excluding hydrogens is 538 g/mol. The van der Waals surface area contributed by atoms with E-state index in [-0.39, 0.29) is 24.8 Å². The molecule has 2 atom stereocenters. The first-order valence-electron chi connectivity index (χ1n) is 6.92. The van der Waals surface area contributed by atoms with Crippen molar-refractivity contribution in [2.45, 2.75) is 7.25 Å². The van der Waals surface area contributed by atoms with Crippen molar-refractivity contribution in [3.63, 3.8) is 0 Å². The number of benzene rings is 2. The number of halogens is 4. The smallest absolute Gasteiger partial charge is 1.00 e. The van der Waals surface area contributed by atoms with E-state index in [0.29, 0.717) is 7.25 Å². The Balaban J connectivity index is 0.000000960. The summed E-state index contributed by atoms with van der Waals surface area (Å²) in [5, 5.41) is 0. The molecule has 2 aliphatic carbocycles. The van der Waals surface area contributed by atoms with E-state index in [4.69, 9.17) is 0 Å². The van der Waals surface area contributed by atoms with Crippen LogP contribution in [0.2, 0.25) is 0 Å². The van der Waals surface area contributed by atoms with Crippen molar-refractivity contribution in [3.8, 4) is 0 Å². The first kappa shape index (κ1) is 19.7. The van der Waals surface area contributed by atoms with Crippen molar-refractivity contribution in [1.82, 2.24) is 0 Å². The molecule has 116 valence electrons. The zero-order chi connectivity index (χ0) is 14.4. The fraction of sp³-hybridized carbons (Fsp3) is 0.111. The van der Waals surface area contributed by atoms with Crippen LogP contribution in [0.15, 0.2) is 57.5 Å². The Hall–Kier alpha value is 0.343. The van der Waals surface area contributed by atoms with Gasteiger partial charge in [0.05, 0.1) is 0 Å². The molecule has 0 bridgehead atoms. The van der Waals surface area contributed by atoms with Gasteiger partial charge in [0.1, 0.15) is 0 Å². The molecule has 5 heteroatoms. The monoisotopic (exact) mass is 546 g/mol. The Labute approximate surface area is 177 Å². The largest absolute Gasteiger partial charge is 1.00 e. The fourth-order valence-corrected chi connectivity index (χ4v) is 9.81. The third-order valence-corrected chi connectivity index (χ3v) is 12.2. The van der Waals surface area contributed by atoms with Gasteiger partial charge < -0.3 is 24.8 Å². The molecule has 0 saturated carbocycles. The van der Waals surface area contributed by atoms with E-state index in [1.165, 1.54) is 31.2 Å². The molecule has 0 fully saturated rings. The molecule has 0 heterocycles. The fourth-order valence-electron chi connectivity index (χ4n) is 3.08. The molecule has 0 amide bonds. The molecule has 2 aromatic carbocycles. The first-order chi connectivity index (χ1) is 10.2. The van der Waals surface area contributed by atoms with Crippen molar-refractivity contribution in [2.24, 2.45) is 0 Å². The van der Waals surface area contributed by atoms with Gasteiger partial charge in [0.25, 0.3) is 0 Å². The van der Waals surface area contributed by atoms with Crippen LogP contribution in [0, 0.1) is 0 Å². The summed E-state index contributed by atoms with van der Waals surface area (Å²) in [6.07, 6.45) is 4.61. The van der Waals surface area contributed by atoms with Crippen LogP contribution < -0.4 is 24.8 Å². The Bertz CT molecular complexity index is 721. The van der Waals surface area contributed by atoms with Crippen LogP contribution in [0.4, 0.5) is 0 Å². The summed E-state index contributed by atoms with van der Waals surface area (Å²) in [4.78, 5) is 0. The van der Waals surface area contributed by atoms with Crippen LogP contribution in [0.1, 0.15) is 29.5 Å².